The SMILES string of the molecule is CC1CC[C@@H](c2cccc(O)c2)N1C(=O)O. The molecule has 1 unspecified atom stereocenters. The monoisotopic (exact) mass is 221 g/mol. The fraction of sp³-hybridized carbons (Fsp3) is 0.417. The van der Waals surface area contributed by atoms with Crippen LogP contribution in [0.25, 0.3) is 0 Å². The van der Waals surface area contributed by atoms with E-state index in [0.717, 1.165) is 18.4 Å². The minimum Gasteiger partial charge on any atom is -0.508 e. The molecule has 0 radical (unpaired) electrons. The molecule has 16 heavy (non-hydrogen) atoms. The topological polar surface area (TPSA) is 60.8 Å². The van der Waals surface area contributed by atoms with Gasteiger partial charge in [-0.3, -0.25) is 4.90 Å². The van der Waals surface area contributed by atoms with Crippen molar-refractivity contribution in [3.8, 4) is 5.75 Å². The van der Waals surface area contributed by atoms with Gasteiger partial charge in [0, 0.05) is 6.04 Å². The first-order valence-corrected chi connectivity index (χ1v) is 5.40. The van der Waals surface area contributed by atoms with Crippen LogP contribution in [0, 0.1) is 0 Å². The third kappa shape index (κ3) is 1.83. The molecule has 4 heteroatoms. The van der Waals surface area contributed by atoms with E-state index in [-0.39, 0.29) is 17.8 Å². The predicted molar refractivity (Wildman–Crippen MR) is 59.4 cm³/mol. The Bertz CT molecular complexity index is 405. The van der Waals surface area contributed by atoms with Crippen molar-refractivity contribution in [2.45, 2.75) is 31.8 Å². The first-order valence-electron chi connectivity index (χ1n) is 5.40. The Labute approximate surface area is 94.1 Å². The van der Waals surface area contributed by atoms with E-state index in [2.05, 4.69) is 0 Å². The summed E-state index contributed by atoms with van der Waals surface area (Å²) in [4.78, 5) is 12.6. The van der Waals surface area contributed by atoms with Gasteiger partial charge in [-0.15, -0.1) is 0 Å². The van der Waals surface area contributed by atoms with E-state index < -0.39 is 6.09 Å². The summed E-state index contributed by atoms with van der Waals surface area (Å²) >= 11 is 0. The number of phenolic OH excluding ortho intramolecular Hbond substituents is 1. The molecule has 86 valence electrons. The summed E-state index contributed by atoms with van der Waals surface area (Å²) in [5, 5.41) is 18.5. The highest BCUT2D eigenvalue weighted by molar-refractivity contribution is 5.66. The number of hydrogen-bond acceptors (Lipinski definition) is 2. The van der Waals surface area contributed by atoms with Crippen LogP contribution < -0.4 is 0 Å². The molecule has 0 saturated carbocycles. The number of rotatable bonds is 1. The van der Waals surface area contributed by atoms with E-state index in [0.29, 0.717) is 0 Å². The molecule has 2 rings (SSSR count). The Balaban J connectivity index is 2.30. The van der Waals surface area contributed by atoms with Crippen LogP contribution in [0.1, 0.15) is 31.4 Å². The molecule has 0 spiro atoms. The molecule has 0 aromatic heterocycles. The van der Waals surface area contributed by atoms with Crippen molar-refractivity contribution in [3.05, 3.63) is 29.8 Å². The van der Waals surface area contributed by atoms with Crippen molar-refractivity contribution in [2.24, 2.45) is 0 Å². The fourth-order valence-corrected chi connectivity index (χ4v) is 2.37. The number of nitrogens with zero attached hydrogens (tertiary/aromatic N) is 1. The number of amides is 1. The van der Waals surface area contributed by atoms with Gasteiger partial charge in [0.05, 0.1) is 6.04 Å². The summed E-state index contributed by atoms with van der Waals surface area (Å²) in [6, 6.07) is 6.75. The van der Waals surface area contributed by atoms with Crippen LogP contribution in [-0.4, -0.2) is 27.2 Å². The molecular weight excluding hydrogens is 206 g/mol. The standard InChI is InChI=1S/C12H15NO3/c1-8-5-6-11(13(8)12(15)16)9-3-2-4-10(14)7-9/h2-4,7-8,11,14H,5-6H2,1H3,(H,15,16)/t8?,11-/m0/s1. The van der Waals surface area contributed by atoms with Crippen LogP contribution in [0.2, 0.25) is 0 Å². The van der Waals surface area contributed by atoms with Gasteiger partial charge in [0.25, 0.3) is 0 Å². The zero-order valence-corrected chi connectivity index (χ0v) is 9.13. The molecule has 2 N–H and O–H groups in total. The Morgan fingerprint density at radius 2 is 2.19 bits per heavy atom. The molecule has 2 atom stereocenters. The lowest BCUT2D eigenvalue weighted by Gasteiger charge is -2.25. The third-order valence-electron chi connectivity index (χ3n) is 3.14. The number of likely N-dealkylation sites (tertiary alicyclic amines) is 1. The lowest BCUT2D eigenvalue weighted by molar-refractivity contribution is 0.125. The van der Waals surface area contributed by atoms with Crippen molar-refractivity contribution in [1.82, 2.24) is 4.90 Å². The largest absolute Gasteiger partial charge is 0.508 e. The molecule has 0 bridgehead atoms. The highest BCUT2D eigenvalue weighted by Crippen LogP contribution is 2.36. The van der Waals surface area contributed by atoms with Crippen molar-refractivity contribution >= 4 is 6.09 Å². The summed E-state index contributed by atoms with van der Waals surface area (Å²) < 4.78 is 0. The number of benzene rings is 1. The van der Waals surface area contributed by atoms with Gasteiger partial charge in [0.2, 0.25) is 0 Å². The van der Waals surface area contributed by atoms with Crippen LogP contribution in [0.15, 0.2) is 24.3 Å². The molecule has 1 amide bonds. The zero-order chi connectivity index (χ0) is 11.7. The highest BCUT2D eigenvalue weighted by Gasteiger charge is 2.35. The minimum absolute atomic E-state index is 0.0462. The lowest BCUT2D eigenvalue weighted by atomic mass is 10.0. The molecule has 4 nitrogen and oxygen atoms in total. The quantitative estimate of drug-likeness (QED) is 0.766. The third-order valence-corrected chi connectivity index (χ3v) is 3.14. The Hall–Kier alpha value is -1.71. The average molecular weight is 221 g/mol. The van der Waals surface area contributed by atoms with Gasteiger partial charge in [-0.05, 0) is 37.5 Å². The van der Waals surface area contributed by atoms with Crippen LogP contribution in [0.5, 0.6) is 5.75 Å². The Morgan fingerprint density at radius 1 is 1.44 bits per heavy atom. The van der Waals surface area contributed by atoms with Crippen molar-refractivity contribution in [2.75, 3.05) is 0 Å². The first kappa shape index (κ1) is 10.8. The summed E-state index contributed by atoms with van der Waals surface area (Å²) in [6.45, 7) is 1.91. The van der Waals surface area contributed by atoms with Crippen LogP contribution >= 0.6 is 0 Å². The Kier molecular flexibility index (Phi) is 2.73. The van der Waals surface area contributed by atoms with E-state index in [1.54, 1.807) is 18.2 Å². The summed E-state index contributed by atoms with van der Waals surface area (Å²) in [6.07, 6.45) is 0.794. The van der Waals surface area contributed by atoms with Crippen LogP contribution in [-0.2, 0) is 0 Å². The fourth-order valence-electron chi connectivity index (χ4n) is 2.37. The smallest absolute Gasteiger partial charge is 0.408 e. The van der Waals surface area contributed by atoms with E-state index in [9.17, 15) is 9.90 Å². The predicted octanol–water partition coefficient (Wildman–Crippen LogP) is 2.60. The van der Waals surface area contributed by atoms with Crippen molar-refractivity contribution in [1.29, 1.82) is 0 Å². The van der Waals surface area contributed by atoms with Gasteiger partial charge in [-0.2, -0.15) is 0 Å². The number of aromatic hydroxyl groups is 1. The molecule has 1 saturated heterocycles. The normalized spacial score (nSPS) is 24.7. The van der Waals surface area contributed by atoms with E-state index in [4.69, 9.17) is 5.11 Å². The van der Waals surface area contributed by atoms with Gasteiger partial charge in [-0.1, -0.05) is 12.1 Å². The molecule has 1 aromatic rings. The molecule has 1 aliphatic heterocycles. The van der Waals surface area contributed by atoms with Gasteiger partial charge in [-0.25, -0.2) is 4.79 Å². The summed E-state index contributed by atoms with van der Waals surface area (Å²) in [5.41, 5.74) is 0.867. The molecule has 1 heterocycles. The van der Waals surface area contributed by atoms with Gasteiger partial charge < -0.3 is 10.2 Å². The minimum atomic E-state index is -0.890. The summed E-state index contributed by atoms with van der Waals surface area (Å²) in [5.74, 6) is 0.183. The molecule has 1 aliphatic rings. The van der Waals surface area contributed by atoms with E-state index >= 15 is 0 Å². The second-order valence-electron chi connectivity index (χ2n) is 4.23. The van der Waals surface area contributed by atoms with Crippen molar-refractivity contribution in [3.63, 3.8) is 0 Å². The van der Waals surface area contributed by atoms with Gasteiger partial charge in [0.1, 0.15) is 5.75 Å². The van der Waals surface area contributed by atoms with Crippen LogP contribution in [0.4, 0.5) is 4.79 Å². The van der Waals surface area contributed by atoms with Gasteiger partial charge >= 0.3 is 6.09 Å². The zero-order valence-electron chi connectivity index (χ0n) is 9.13. The second kappa shape index (κ2) is 4.04. The number of phenols is 1. The molecular formula is C12H15NO3. The lowest BCUT2D eigenvalue weighted by Crippen LogP contribution is -2.34. The number of carboxylic acid groups (broad SMARTS) is 1. The maximum Gasteiger partial charge on any atom is 0.408 e. The molecule has 0 aliphatic carbocycles. The van der Waals surface area contributed by atoms with E-state index in [1.165, 1.54) is 4.90 Å². The van der Waals surface area contributed by atoms with Crippen molar-refractivity contribution < 1.29 is 15.0 Å². The van der Waals surface area contributed by atoms with Gasteiger partial charge in [0.15, 0.2) is 0 Å². The molecule has 1 fully saturated rings. The number of carbonyl (C=O) groups is 1. The maximum atomic E-state index is 11.1. The second-order valence-corrected chi connectivity index (χ2v) is 4.23. The highest BCUT2D eigenvalue weighted by atomic mass is 16.4. The Morgan fingerprint density at radius 3 is 2.81 bits per heavy atom. The maximum absolute atomic E-state index is 11.1. The average Bonchev–Trinajstić information content (AvgIpc) is 2.60. The number of hydrogen-bond donors (Lipinski definition) is 2. The summed E-state index contributed by atoms with van der Waals surface area (Å²) in [7, 11) is 0. The molecule has 1 aromatic carbocycles. The van der Waals surface area contributed by atoms with E-state index in [1.807, 2.05) is 13.0 Å². The first-order chi connectivity index (χ1) is 7.59. The van der Waals surface area contributed by atoms with Crippen LogP contribution in [0.3, 0.4) is 0 Å².